The van der Waals surface area contributed by atoms with Crippen LogP contribution < -0.4 is 0 Å². The highest BCUT2D eigenvalue weighted by molar-refractivity contribution is 5.39. The van der Waals surface area contributed by atoms with Gasteiger partial charge < -0.3 is 20.4 Å². The van der Waals surface area contributed by atoms with Crippen molar-refractivity contribution in [3.05, 3.63) is 35.5 Å². The van der Waals surface area contributed by atoms with E-state index in [4.69, 9.17) is 5.11 Å². The minimum absolute atomic E-state index is 0.0798. The van der Waals surface area contributed by atoms with Crippen LogP contribution in [0.25, 0.3) is 0 Å². The first-order chi connectivity index (χ1) is 16.0. The van der Waals surface area contributed by atoms with Crippen LogP contribution in [0.3, 0.4) is 0 Å². The molecule has 3 aliphatic carbocycles. The molecule has 34 heavy (non-hydrogen) atoms. The van der Waals surface area contributed by atoms with Crippen molar-refractivity contribution in [2.45, 2.75) is 116 Å². The van der Waals surface area contributed by atoms with E-state index < -0.39 is 17.8 Å². The Labute approximate surface area is 207 Å². The fourth-order valence-electron chi connectivity index (χ4n) is 7.50. The van der Waals surface area contributed by atoms with Crippen molar-refractivity contribution >= 4 is 0 Å². The Morgan fingerprint density at radius 2 is 1.91 bits per heavy atom. The number of fused-ring (bicyclic) bond motifs is 1. The molecule has 7 atom stereocenters. The van der Waals surface area contributed by atoms with E-state index in [1.165, 1.54) is 37.7 Å². The first kappa shape index (κ1) is 27.6. The van der Waals surface area contributed by atoms with Gasteiger partial charge in [-0.15, -0.1) is 0 Å². The number of hydrogen-bond donors (Lipinski definition) is 4. The van der Waals surface area contributed by atoms with Crippen molar-refractivity contribution in [2.75, 3.05) is 6.61 Å². The van der Waals surface area contributed by atoms with Gasteiger partial charge in [-0.1, -0.05) is 51.0 Å². The lowest BCUT2D eigenvalue weighted by Crippen LogP contribution is -2.38. The lowest BCUT2D eigenvalue weighted by Gasteiger charge is -2.44. The molecule has 0 heterocycles. The Morgan fingerprint density at radius 3 is 2.59 bits per heavy atom. The first-order valence-electron chi connectivity index (χ1n) is 13.8. The van der Waals surface area contributed by atoms with E-state index >= 15 is 0 Å². The predicted octanol–water partition coefficient (Wildman–Crippen LogP) is 5.70. The highest BCUT2D eigenvalue weighted by Crippen LogP contribution is 2.60. The summed E-state index contributed by atoms with van der Waals surface area (Å²) < 4.78 is 0. The van der Waals surface area contributed by atoms with Crippen LogP contribution >= 0.6 is 0 Å². The van der Waals surface area contributed by atoms with Gasteiger partial charge in [-0.05, 0) is 106 Å². The van der Waals surface area contributed by atoms with Crippen LogP contribution in [0, 0.1) is 29.1 Å². The van der Waals surface area contributed by atoms with E-state index in [-0.39, 0.29) is 12.5 Å². The largest absolute Gasteiger partial charge is 0.396 e. The summed E-state index contributed by atoms with van der Waals surface area (Å²) in [6, 6.07) is 0. The molecule has 1 unspecified atom stereocenters. The standard InChI is InChI=1S/C30H50O4/c1-20(9-6-16-29(3,4)34)25-14-15-26-22(10-7-17-30(25,26)5)12-13-23-19-27(32)24(11-8-18-31)28(33)21(23)2/h12-13,20,24-28,31-34H,2,6-11,14-19H2,1,3-5H3/b22-12?,23-13-/t20-,24-,25-,26?,27-,28+,30-/m1/s1. The maximum absolute atomic E-state index is 10.7. The van der Waals surface area contributed by atoms with Crippen LogP contribution in [0.15, 0.2) is 35.5 Å². The highest BCUT2D eigenvalue weighted by Gasteiger charge is 2.50. The summed E-state index contributed by atoms with van der Waals surface area (Å²) in [5, 5.41) is 40.6. The third kappa shape index (κ3) is 6.24. The van der Waals surface area contributed by atoms with Gasteiger partial charge in [0, 0.05) is 12.5 Å². The smallest absolute Gasteiger partial charge is 0.0839 e. The van der Waals surface area contributed by atoms with Gasteiger partial charge in [-0.2, -0.15) is 0 Å². The topological polar surface area (TPSA) is 80.9 Å². The van der Waals surface area contributed by atoms with E-state index in [2.05, 4.69) is 32.6 Å². The molecule has 0 amide bonds. The Kier molecular flexibility index (Phi) is 9.28. The lowest BCUT2D eigenvalue weighted by atomic mass is 9.60. The zero-order valence-electron chi connectivity index (χ0n) is 22.1. The van der Waals surface area contributed by atoms with Crippen LogP contribution in [-0.2, 0) is 0 Å². The fourth-order valence-corrected chi connectivity index (χ4v) is 7.50. The molecule has 4 N–H and O–H groups in total. The molecule has 0 radical (unpaired) electrons. The lowest BCUT2D eigenvalue weighted by molar-refractivity contribution is 0.0112. The van der Waals surface area contributed by atoms with Crippen molar-refractivity contribution in [3.8, 4) is 0 Å². The number of aliphatic hydroxyl groups excluding tert-OH is 3. The molecular formula is C30H50O4. The van der Waals surface area contributed by atoms with Crippen molar-refractivity contribution in [3.63, 3.8) is 0 Å². The van der Waals surface area contributed by atoms with E-state index in [0.717, 1.165) is 36.3 Å². The summed E-state index contributed by atoms with van der Waals surface area (Å²) in [6.07, 6.45) is 14.2. The molecule has 0 aromatic rings. The summed E-state index contributed by atoms with van der Waals surface area (Å²) in [5.74, 6) is 1.78. The molecule has 3 saturated carbocycles. The quantitative estimate of drug-likeness (QED) is 0.345. The average molecular weight is 475 g/mol. The molecule has 0 spiro atoms. The number of hydrogen-bond acceptors (Lipinski definition) is 4. The summed E-state index contributed by atoms with van der Waals surface area (Å²) in [4.78, 5) is 0. The van der Waals surface area contributed by atoms with E-state index in [1.54, 1.807) is 0 Å². The molecule has 194 valence electrons. The van der Waals surface area contributed by atoms with Crippen molar-refractivity contribution in [1.82, 2.24) is 0 Å². The predicted molar refractivity (Wildman–Crippen MR) is 139 cm³/mol. The zero-order chi connectivity index (χ0) is 25.1. The molecule has 0 saturated heterocycles. The van der Waals surface area contributed by atoms with Gasteiger partial charge in [-0.3, -0.25) is 0 Å². The number of allylic oxidation sites excluding steroid dienone is 3. The minimum Gasteiger partial charge on any atom is -0.396 e. The van der Waals surface area contributed by atoms with Crippen molar-refractivity contribution < 1.29 is 20.4 Å². The van der Waals surface area contributed by atoms with Gasteiger partial charge in [0.2, 0.25) is 0 Å². The van der Waals surface area contributed by atoms with Crippen LogP contribution in [0.5, 0.6) is 0 Å². The van der Waals surface area contributed by atoms with E-state index in [0.29, 0.717) is 36.5 Å². The third-order valence-corrected chi connectivity index (χ3v) is 9.47. The Morgan fingerprint density at radius 1 is 1.18 bits per heavy atom. The van der Waals surface area contributed by atoms with Crippen LogP contribution in [0.2, 0.25) is 0 Å². The zero-order valence-corrected chi connectivity index (χ0v) is 22.1. The highest BCUT2D eigenvalue weighted by atomic mass is 16.3. The molecule has 0 aliphatic heterocycles. The fraction of sp³-hybridized carbons (Fsp3) is 0.800. The van der Waals surface area contributed by atoms with Crippen LogP contribution in [0.1, 0.15) is 98.3 Å². The second kappa shape index (κ2) is 11.4. The normalized spacial score (nSPS) is 37.9. The number of aliphatic hydroxyl groups is 4. The van der Waals surface area contributed by atoms with Gasteiger partial charge in [0.05, 0.1) is 17.8 Å². The third-order valence-electron chi connectivity index (χ3n) is 9.47. The van der Waals surface area contributed by atoms with E-state index in [1.807, 2.05) is 13.8 Å². The molecule has 3 fully saturated rings. The Balaban J connectivity index is 1.69. The minimum atomic E-state index is -0.739. The molecule has 3 rings (SSSR count). The molecule has 0 aromatic heterocycles. The van der Waals surface area contributed by atoms with Gasteiger partial charge in [-0.25, -0.2) is 0 Å². The SMILES string of the molecule is C=C1/C(=C\C=C2CCC[C@@]3(C)C2CC[C@@H]3[C@H](C)CCCC(C)(C)O)C[C@@H](O)[C@@H](CCCO)[C@H]1O. The van der Waals surface area contributed by atoms with Gasteiger partial charge in [0.1, 0.15) is 0 Å². The summed E-state index contributed by atoms with van der Waals surface area (Å²) in [5.41, 5.74) is 3.00. The second-order valence-electron chi connectivity index (χ2n) is 12.5. The molecular weight excluding hydrogens is 424 g/mol. The van der Waals surface area contributed by atoms with Crippen molar-refractivity contribution in [1.29, 1.82) is 0 Å². The van der Waals surface area contributed by atoms with Gasteiger partial charge in [0.15, 0.2) is 0 Å². The Bertz CT molecular complexity index is 760. The van der Waals surface area contributed by atoms with Crippen molar-refractivity contribution in [2.24, 2.45) is 29.1 Å². The monoisotopic (exact) mass is 474 g/mol. The summed E-state index contributed by atoms with van der Waals surface area (Å²) in [7, 11) is 0. The van der Waals surface area contributed by atoms with Gasteiger partial charge in [0.25, 0.3) is 0 Å². The molecule has 4 nitrogen and oxygen atoms in total. The summed E-state index contributed by atoms with van der Waals surface area (Å²) in [6.45, 7) is 13.0. The molecule has 4 heteroatoms. The van der Waals surface area contributed by atoms with Gasteiger partial charge >= 0.3 is 0 Å². The van der Waals surface area contributed by atoms with Crippen LogP contribution in [0.4, 0.5) is 0 Å². The maximum Gasteiger partial charge on any atom is 0.0839 e. The maximum atomic E-state index is 10.7. The average Bonchev–Trinajstić information content (AvgIpc) is 3.12. The molecule has 0 bridgehead atoms. The first-order valence-corrected chi connectivity index (χ1v) is 13.8. The van der Waals surface area contributed by atoms with Crippen LogP contribution in [-0.4, -0.2) is 44.8 Å². The Hall–Kier alpha value is -0.940. The van der Waals surface area contributed by atoms with E-state index in [9.17, 15) is 15.3 Å². The second-order valence-corrected chi connectivity index (χ2v) is 12.5. The summed E-state index contributed by atoms with van der Waals surface area (Å²) >= 11 is 0. The number of rotatable bonds is 9. The molecule has 0 aromatic carbocycles. The molecule has 3 aliphatic rings.